The van der Waals surface area contributed by atoms with Gasteiger partial charge in [-0.1, -0.05) is 0 Å². The highest BCUT2D eigenvalue weighted by Gasteiger charge is 2.38. The molecule has 1 heterocycles. The molecule has 0 spiro atoms. The molecule has 0 aromatic carbocycles. The number of hydrogen-bond donors (Lipinski definition) is 0. The largest absolute Gasteiger partial charge is 0.499 e. The minimum absolute atomic E-state index is 0.00799. The fourth-order valence-electron chi connectivity index (χ4n) is 1.24. The zero-order chi connectivity index (χ0) is 16.0. The predicted octanol–water partition coefficient (Wildman–Crippen LogP) is 0.354. The standard InChI is InChI=1S/C10H11F3N4O4/c1-3-21-8(19)7(18)4-6(20-2)5-17-9(10(11,12)13)14-15-16-17/h4H,3,5H2,1-2H3. The first kappa shape index (κ1) is 16.6. The highest BCUT2D eigenvalue weighted by Crippen LogP contribution is 2.26. The molecule has 0 atom stereocenters. The van der Waals surface area contributed by atoms with Crippen LogP contribution in [0.25, 0.3) is 0 Å². The van der Waals surface area contributed by atoms with Crippen LogP contribution in [0.2, 0.25) is 0 Å². The van der Waals surface area contributed by atoms with Gasteiger partial charge in [0.15, 0.2) is 0 Å². The summed E-state index contributed by atoms with van der Waals surface area (Å²) < 4.78 is 47.3. The molecule has 0 saturated carbocycles. The molecule has 1 aromatic heterocycles. The van der Waals surface area contributed by atoms with E-state index < -0.39 is 30.3 Å². The number of nitrogens with zero attached hydrogens (tertiary/aromatic N) is 4. The Morgan fingerprint density at radius 1 is 1.38 bits per heavy atom. The van der Waals surface area contributed by atoms with E-state index in [2.05, 4.69) is 20.3 Å². The van der Waals surface area contributed by atoms with E-state index in [0.717, 1.165) is 13.2 Å². The fourth-order valence-corrected chi connectivity index (χ4v) is 1.24. The monoisotopic (exact) mass is 308 g/mol. The lowest BCUT2D eigenvalue weighted by atomic mass is 10.3. The smallest absolute Gasteiger partial charge is 0.453 e. The molecule has 0 radical (unpaired) electrons. The molecule has 0 aliphatic rings. The third kappa shape index (κ3) is 4.54. The number of rotatable bonds is 6. The third-order valence-electron chi connectivity index (χ3n) is 2.12. The van der Waals surface area contributed by atoms with Crippen LogP contribution in [-0.2, 0) is 31.8 Å². The summed E-state index contributed by atoms with van der Waals surface area (Å²) in [4.78, 5) is 22.5. The van der Waals surface area contributed by atoms with E-state index in [4.69, 9.17) is 4.74 Å². The molecule has 0 fully saturated rings. The summed E-state index contributed by atoms with van der Waals surface area (Å²) in [6.07, 6.45) is -4.03. The van der Waals surface area contributed by atoms with Crippen molar-refractivity contribution < 1.29 is 32.2 Å². The minimum Gasteiger partial charge on any atom is -0.499 e. The minimum atomic E-state index is -4.76. The molecule has 0 amide bonds. The average molecular weight is 308 g/mol. The summed E-state index contributed by atoms with van der Waals surface area (Å²) in [7, 11) is 1.13. The van der Waals surface area contributed by atoms with Gasteiger partial charge in [-0.05, 0) is 17.4 Å². The van der Waals surface area contributed by atoms with Crippen molar-refractivity contribution in [1.82, 2.24) is 20.2 Å². The van der Waals surface area contributed by atoms with Crippen molar-refractivity contribution in [3.8, 4) is 0 Å². The second-order valence-electron chi connectivity index (χ2n) is 3.56. The summed E-state index contributed by atoms with van der Waals surface area (Å²) >= 11 is 0. The Kier molecular flexibility index (Phi) is 5.38. The number of allylic oxidation sites excluding steroid dienone is 1. The predicted molar refractivity (Wildman–Crippen MR) is 59.6 cm³/mol. The molecule has 1 aromatic rings. The number of carbonyl (C=O) groups excluding carboxylic acids is 2. The number of esters is 1. The fraction of sp³-hybridized carbons (Fsp3) is 0.500. The molecule has 8 nitrogen and oxygen atoms in total. The van der Waals surface area contributed by atoms with Crippen molar-refractivity contribution in [2.45, 2.75) is 19.6 Å². The quantitative estimate of drug-likeness (QED) is 0.324. The van der Waals surface area contributed by atoms with Crippen LogP contribution in [0.1, 0.15) is 12.7 Å². The van der Waals surface area contributed by atoms with Gasteiger partial charge in [0.1, 0.15) is 12.3 Å². The second-order valence-corrected chi connectivity index (χ2v) is 3.56. The highest BCUT2D eigenvalue weighted by atomic mass is 19.4. The Morgan fingerprint density at radius 3 is 2.57 bits per heavy atom. The first-order chi connectivity index (χ1) is 9.79. The maximum atomic E-state index is 12.6. The number of tetrazole rings is 1. The van der Waals surface area contributed by atoms with Gasteiger partial charge in [0.05, 0.1) is 13.7 Å². The number of hydrogen-bond acceptors (Lipinski definition) is 7. The van der Waals surface area contributed by atoms with E-state index in [1.165, 1.54) is 6.92 Å². The summed E-state index contributed by atoms with van der Waals surface area (Å²) in [6, 6.07) is 0. The number of alkyl halides is 3. The first-order valence-corrected chi connectivity index (χ1v) is 5.58. The van der Waals surface area contributed by atoms with Crippen molar-refractivity contribution in [2.75, 3.05) is 13.7 Å². The van der Waals surface area contributed by atoms with Crippen molar-refractivity contribution in [2.24, 2.45) is 0 Å². The lowest BCUT2D eigenvalue weighted by Gasteiger charge is -2.09. The molecule has 0 N–H and O–H groups in total. The van der Waals surface area contributed by atoms with Crippen molar-refractivity contribution in [3.63, 3.8) is 0 Å². The van der Waals surface area contributed by atoms with Crippen LogP contribution in [0.3, 0.4) is 0 Å². The zero-order valence-corrected chi connectivity index (χ0v) is 11.0. The average Bonchev–Trinajstić information content (AvgIpc) is 2.86. The van der Waals surface area contributed by atoms with Crippen LogP contribution >= 0.6 is 0 Å². The lowest BCUT2D eigenvalue weighted by molar-refractivity contribution is -0.151. The molecule has 0 saturated heterocycles. The number of ketones is 1. The van der Waals surface area contributed by atoms with Crippen molar-refractivity contribution in [3.05, 3.63) is 17.7 Å². The van der Waals surface area contributed by atoms with E-state index in [-0.39, 0.29) is 12.4 Å². The van der Waals surface area contributed by atoms with Gasteiger partial charge in [0, 0.05) is 6.08 Å². The van der Waals surface area contributed by atoms with Crippen LogP contribution in [0.15, 0.2) is 11.8 Å². The Bertz CT molecular complexity index is 553. The molecule has 0 aliphatic heterocycles. The van der Waals surface area contributed by atoms with E-state index in [9.17, 15) is 22.8 Å². The lowest BCUT2D eigenvalue weighted by Crippen LogP contribution is -2.19. The van der Waals surface area contributed by atoms with Gasteiger partial charge < -0.3 is 9.47 Å². The van der Waals surface area contributed by atoms with Crippen LogP contribution < -0.4 is 0 Å². The number of methoxy groups -OCH3 is 1. The molecule has 21 heavy (non-hydrogen) atoms. The van der Waals surface area contributed by atoms with Gasteiger partial charge >= 0.3 is 12.1 Å². The molecule has 0 unspecified atom stereocenters. The number of aromatic nitrogens is 4. The third-order valence-corrected chi connectivity index (χ3v) is 2.12. The van der Waals surface area contributed by atoms with E-state index in [1.807, 2.05) is 0 Å². The molecule has 11 heteroatoms. The number of carbonyl (C=O) groups is 2. The summed E-state index contributed by atoms with van der Waals surface area (Å²) in [5.74, 6) is -3.78. The molecule has 1 rings (SSSR count). The Labute approximate surface area is 116 Å². The van der Waals surface area contributed by atoms with Crippen LogP contribution in [-0.4, -0.2) is 45.7 Å². The van der Waals surface area contributed by atoms with E-state index >= 15 is 0 Å². The Hall–Kier alpha value is -2.46. The summed E-state index contributed by atoms with van der Waals surface area (Å²) in [5, 5.41) is 8.89. The van der Waals surface area contributed by atoms with Crippen LogP contribution in [0.4, 0.5) is 13.2 Å². The first-order valence-electron chi connectivity index (χ1n) is 5.58. The van der Waals surface area contributed by atoms with Crippen molar-refractivity contribution in [1.29, 1.82) is 0 Å². The molecular weight excluding hydrogens is 297 g/mol. The van der Waals surface area contributed by atoms with Crippen LogP contribution in [0.5, 0.6) is 0 Å². The Morgan fingerprint density at radius 2 is 2.05 bits per heavy atom. The zero-order valence-electron chi connectivity index (χ0n) is 11.0. The molecule has 0 aliphatic carbocycles. The van der Waals surface area contributed by atoms with Gasteiger partial charge in [-0.15, -0.1) is 5.10 Å². The van der Waals surface area contributed by atoms with Gasteiger partial charge in [-0.3, -0.25) is 4.79 Å². The second kappa shape index (κ2) is 6.81. The van der Waals surface area contributed by atoms with Crippen LogP contribution in [0, 0.1) is 0 Å². The molecule has 0 bridgehead atoms. The van der Waals surface area contributed by atoms with E-state index in [1.54, 1.807) is 0 Å². The topological polar surface area (TPSA) is 96.2 Å². The normalized spacial score (nSPS) is 12.1. The Balaban J connectivity index is 2.91. The van der Waals surface area contributed by atoms with Gasteiger partial charge in [-0.2, -0.15) is 13.2 Å². The summed E-state index contributed by atoms with van der Waals surface area (Å²) in [5.41, 5.74) is 0. The molecule has 116 valence electrons. The highest BCUT2D eigenvalue weighted by molar-refractivity contribution is 6.38. The maximum absolute atomic E-state index is 12.6. The molecular formula is C10H11F3N4O4. The number of halogens is 3. The van der Waals surface area contributed by atoms with Crippen molar-refractivity contribution >= 4 is 11.8 Å². The SMILES string of the molecule is CCOC(=O)C(=O)C=C(Cn1nnnc1C(F)(F)F)OC. The van der Waals surface area contributed by atoms with Gasteiger partial charge in [0.2, 0.25) is 0 Å². The maximum Gasteiger partial charge on any atom is 0.453 e. The van der Waals surface area contributed by atoms with E-state index in [0.29, 0.717) is 4.68 Å². The summed E-state index contributed by atoms with van der Waals surface area (Å²) in [6.45, 7) is 0.929. The van der Waals surface area contributed by atoms with Gasteiger partial charge in [-0.25, -0.2) is 9.48 Å². The van der Waals surface area contributed by atoms with Gasteiger partial charge in [0.25, 0.3) is 11.6 Å². The number of ether oxygens (including phenoxy) is 2.